The van der Waals surface area contributed by atoms with Gasteiger partial charge in [-0.2, -0.15) is 10.2 Å². The number of nitrogens with zero attached hydrogens (tertiary/aromatic N) is 3. The Morgan fingerprint density at radius 3 is 2.68 bits per heavy atom. The van der Waals surface area contributed by atoms with Crippen LogP contribution in [0.3, 0.4) is 0 Å². The Hall–Kier alpha value is -1.76. The molecule has 22 heavy (non-hydrogen) atoms. The van der Waals surface area contributed by atoms with Crippen LogP contribution in [-0.2, 0) is 11.8 Å². The molecule has 2 rings (SSSR count). The predicted octanol–water partition coefficient (Wildman–Crippen LogP) is 2.91. The first-order chi connectivity index (χ1) is 10.5. The van der Waals surface area contributed by atoms with Gasteiger partial charge in [0.2, 0.25) is 0 Å². The third kappa shape index (κ3) is 4.37. The van der Waals surface area contributed by atoms with E-state index in [1.165, 1.54) is 18.3 Å². The van der Waals surface area contributed by atoms with E-state index in [0.717, 1.165) is 5.69 Å². The van der Waals surface area contributed by atoms with Crippen molar-refractivity contribution in [1.29, 1.82) is 0 Å². The third-order valence-electron chi connectivity index (χ3n) is 2.56. The minimum absolute atomic E-state index is 0.193. The van der Waals surface area contributed by atoms with Crippen LogP contribution in [-0.4, -0.2) is 28.5 Å². The Morgan fingerprint density at radius 2 is 2.09 bits per heavy atom. The highest BCUT2D eigenvalue weighted by molar-refractivity contribution is 6.40. The molecule has 0 radical (unpaired) electrons. The average Bonchev–Trinajstić information content (AvgIpc) is 2.83. The summed E-state index contributed by atoms with van der Waals surface area (Å²) in [6.45, 7) is -0.288. The minimum atomic E-state index is -0.458. The SMILES string of the molecule is Cn1nccc1/C=N\NC(=O)COc1c(Cl)cc(Cl)cc1Cl. The Kier molecular flexibility index (Phi) is 5.65. The molecule has 0 atom stereocenters. The number of halogens is 3. The fraction of sp³-hybridized carbons (Fsp3) is 0.154. The molecule has 0 aliphatic rings. The van der Waals surface area contributed by atoms with Gasteiger partial charge >= 0.3 is 0 Å². The van der Waals surface area contributed by atoms with Gasteiger partial charge in [-0.1, -0.05) is 34.8 Å². The summed E-state index contributed by atoms with van der Waals surface area (Å²) in [5.74, 6) is -0.265. The molecule has 0 saturated carbocycles. The molecule has 1 aromatic heterocycles. The summed E-state index contributed by atoms with van der Waals surface area (Å²) in [5, 5.41) is 8.59. The lowest BCUT2D eigenvalue weighted by Gasteiger charge is -2.09. The van der Waals surface area contributed by atoms with E-state index < -0.39 is 5.91 Å². The molecule has 116 valence electrons. The van der Waals surface area contributed by atoms with Crippen molar-refractivity contribution < 1.29 is 9.53 Å². The van der Waals surface area contributed by atoms with Crippen LogP contribution < -0.4 is 10.2 Å². The molecule has 1 heterocycles. The fourth-order valence-electron chi connectivity index (χ4n) is 1.52. The van der Waals surface area contributed by atoms with Gasteiger partial charge in [0.1, 0.15) is 0 Å². The van der Waals surface area contributed by atoms with E-state index in [2.05, 4.69) is 15.6 Å². The lowest BCUT2D eigenvalue weighted by molar-refractivity contribution is -0.123. The van der Waals surface area contributed by atoms with Crippen molar-refractivity contribution in [3.8, 4) is 5.75 Å². The number of carbonyl (C=O) groups excluding carboxylic acids is 1. The summed E-state index contributed by atoms with van der Waals surface area (Å²) >= 11 is 17.7. The van der Waals surface area contributed by atoms with E-state index in [4.69, 9.17) is 39.5 Å². The Balaban J connectivity index is 1.88. The van der Waals surface area contributed by atoms with Crippen LogP contribution in [0.4, 0.5) is 0 Å². The summed E-state index contributed by atoms with van der Waals surface area (Å²) in [6.07, 6.45) is 3.09. The first kappa shape index (κ1) is 16.6. The summed E-state index contributed by atoms with van der Waals surface area (Å²) < 4.78 is 6.88. The van der Waals surface area contributed by atoms with Crippen molar-refractivity contribution in [3.05, 3.63) is 45.2 Å². The topological polar surface area (TPSA) is 68.5 Å². The van der Waals surface area contributed by atoms with Gasteiger partial charge in [-0.15, -0.1) is 0 Å². The molecule has 0 fully saturated rings. The number of nitrogens with one attached hydrogen (secondary N) is 1. The molecule has 9 heteroatoms. The van der Waals surface area contributed by atoms with Crippen LogP contribution in [0.5, 0.6) is 5.75 Å². The number of ether oxygens (including phenoxy) is 1. The van der Waals surface area contributed by atoms with Crippen molar-refractivity contribution in [1.82, 2.24) is 15.2 Å². The number of benzene rings is 1. The van der Waals surface area contributed by atoms with Crippen LogP contribution in [0.15, 0.2) is 29.5 Å². The van der Waals surface area contributed by atoms with Gasteiger partial charge in [0.25, 0.3) is 5.91 Å². The monoisotopic (exact) mass is 360 g/mol. The van der Waals surface area contributed by atoms with Crippen LogP contribution in [0, 0.1) is 0 Å². The summed E-state index contributed by atoms with van der Waals surface area (Å²) in [5.41, 5.74) is 3.06. The summed E-state index contributed by atoms with van der Waals surface area (Å²) in [6, 6.07) is 4.70. The molecule has 0 saturated heterocycles. The van der Waals surface area contributed by atoms with Gasteiger partial charge in [0, 0.05) is 18.3 Å². The highest BCUT2D eigenvalue weighted by Crippen LogP contribution is 2.35. The number of amides is 1. The number of carbonyl (C=O) groups is 1. The van der Waals surface area contributed by atoms with Gasteiger partial charge in [-0.25, -0.2) is 5.43 Å². The van der Waals surface area contributed by atoms with E-state index in [1.807, 2.05) is 0 Å². The minimum Gasteiger partial charge on any atom is -0.481 e. The second-order valence-electron chi connectivity index (χ2n) is 4.16. The van der Waals surface area contributed by atoms with Gasteiger partial charge < -0.3 is 4.74 Å². The standard InChI is InChI=1S/C13H11Cl3N4O2/c1-20-9(2-3-18-20)6-17-19-12(21)7-22-13-10(15)4-8(14)5-11(13)16/h2-6H,7H2,1H3,(H,19,21)/b17-6-. The van der Waals surface area contributed by atoms with Crippen LogP contribution in [0.1, 0.15) is 5.69 Å². The van der Waals surface area contributed by atoms with Crippen LogP contribution in [0.2, 0.25) is 15.1 Å². The zero-order valence-electron chi connectivity index (χ0n) is 11.4. The number of aromatic nitrogens is 2. The van der Waals surface area contributed by atoms with E-state index >= 15 is 0 Å². The zero-order valence-corrected chi connectivity index (χ0v) is 13.7. The van der Waals surface area contributed by atoms with Crippen LogP contribution >= 0.6 is 34.8 Å². The van der Waals surface area contributed by atoms with Crippen molar-refractivity contribution in [3.63, 3.8) is 0 Å². The van der Waals surface area contributed by atoms with Crippen LogP contribution in [0.25, 0.3) is 0 Å². The van der Waals surface area contributed by atoms with Gasteiger partial charge in [0.15, 0.2) is 12.4 Å². The number of hydrazone groups is 1. The highest BCUT2D eigenvalue weighted by Gasteiger charge is 2.11. The molecular weight excluding hydrogens is 351 g/mol. The molecule has 0 aliphatic carbocycles. The maximum Gasteiger partial charge on any atom is 0.277 e. The smallest absolute Gasteiger partial charge is 0.277 e. The first-order valence-electron chi connectivity index (χ1n) is 6.04. The van der Waals surface area contributed by atoms with Gasteiger partial charge in [0.05, 0.1) is 22.0 Å². The van der Waals surface area contributed by atoms with E-state index in [9.17, 15) is 4.79 Å². The van der Waals surface area contributed by atoms with Crippen molar-refractivity contribution in [2.24, 2.45) is 12.1 Å². The number of rotatable bonds is 5. The number of hydrogen-bond acceptors (Lipinski definition) is 4. The van der Waals surface area contributed by atoms with E-state index in [0.29, 0.717) is 5.02 Å². The van der Waals surface area contributed by atoms with Gasteiger partial charge in [-0.3, -0.25) is 9.48 Å². The zero-order chi connectivity index (χ0) is 16.1. The molecule has 6 nitrogen and oxygen atoms in total. The van der Waals surface area contributed by atoms with Crippen molar-refractivity contribution in [2.75, 3.05) is 6.61 Å². The first-order valence-corrected chi connectivity index (χ1v) is 7.18. The molecule has 0 spiro atoms. The lowest BCUT2D eigenvalue weighted by Crippen LogP contribution is -2.24. The van der Waals surface area contributed by atoms with Crippen molar-refractivity contribution >= 4 is 46.9 Å². The van der Waals surface area contributed by atoms with Gasteiger partial charge in [-0.05, 0) is 18.2 Å². The molecule has 1 N–H and O–H groups in total. The Morgan fingerprint density at radius 1 is 1.41 bits per heavy atom. The predicted molar refractivity (Wildman–Crippen MR) is 85.9 cm³/mol. The number of hydrogen-bond donors (Lipinski definition) is 1. The fourth-order valence-corrected chi connectivity index (χ4v) is 2.44. The molecule has 0 aliphatic heterocycles. The quantitative estimate of drug-likeness (QED) is 0.657. The second-order valence-corrected chi connectivity index (χ2v) is 5.41. The molecule has 1 amide bonds. The molecular formula is C13H11Cl3N4O2. The normalized spacial score (nSPS) is 10.9. The van der Waals surface area contributed by atoms with E-state index in [-0.39, 0.29) is 22.4 Å². The summed E-state index contributed by atoms with van der Waals surface area (Å²) in [7, 11) is 1.76. The molecule has 1 aromatic carbocycles. The lowest BCUT2D eigenvalue weighted by atomic mass is 10.3. The Labute approximate surface area is 141 Å². The average molecular weight is 362 g/mol. The van der Waals surface area contributed by atoms with E-state index in [1.54, 1.807) is 24.0 Å². The maximum atomic E-state index is 11.6. The third-order valence-corrected chi connectivity index (χ3v) is 3.34. The van der Waals surface area contributed by atoms with Crippen molar-refractivity contribution in [2.45, 2.75) is 0 Å². The molecule has 2 aromatic rings. The summed E-state index contributed by atoms with van der Waals surface area (Å²) in [4.78, 5) is 11.6. The second kappa shape index (κ2) is 7.49. The number of aryl methyl sites for hydroxylation is 1. The molecule has 0 bridgehead atoms. The highest BCUT2D eigenvalue weighted by atomic mass is 35.5. The molecule has 0 unspecified atom stereocenters. The maximum absolute atomic E-state index is 11.6. The Bertz CT molecular complexity index is 692. The largest absolute Gasteiger partial charge is 0.481 e.